The van der Waals surface area contributed by atoms with Crippen LogP contribution in [0.15, 0.2) is 0 Å². The van der Waals surface area contributed by atoms with Crippen LogP contribution < -0.4 is 5.32 Å². The molecule has 1 aromatic rings. The molecular weight excluding hydrogens is 244 g/mol. The molecule has 0 saturated heterocycles. The van der Waals surface area contributed by atoms with Crippen molar-refractivity contribution >= 4 is 29.5 Å². The summed E-state index contributed by atoms with van der Waals surface area (Å²) in [5.41, 5.74) is 0.937. The summed E-state index contributed by atoms with van der Waals surface area (Å²) in [6, 6.07) is 0. The highest BCUT2D eigenvalue weighted by molar-refractivity contribution is 7.73. The third-order valence-electron chi connectivity index (χ3n) is 2.26. The monoisotopic (exact) mass is 260 g/mol. The standard InChI is InChI=1S/C10H16N2O2S2/c1-4-12-7(2)8(16-10(12)15)9(13)11-5-6-14-3/h4-6H2,1-3H3,(H,11,13). The third-order valence-corrected chi connectivity index (χ3v) is 3.81. The molecule has 0 spiro atoms. The Morgan fingerprint density at radius 3 is 2.81 bits per heavy atom. The number of hydrogen-bond acceptors (Lipinski definition) is 4. The summed E-state index contributed by atoms with van der Waals surface area (Å²) in [5.74, 6) is -0.0714. The summed E-state index contributed by atoms with van der Waals surface area (Å²) in [6.45, 7) is 5.77. The number of thiazole rings is 1. The molecule has 0 aliphatic carbocycles. The summed E-state index contributed by atoms with van der Waals surface area (Å²) >= 11 is 6.55. The van der Waals surface area contributed by atoms with Crippen molar-refractivity contribution < 1.29 is 9.53 Å². The van der Waals surface area contributed by atoms with Crippen molar-refractivity contribution in [1.82, 2.24) is 9.88 Å². The van der Waals surface area contributed by atoms with Gasteiger partial charge in [-0.15, -0.1) is 0 Å². The van der Waals surface area contributed by atoms with Gasteiger partial charge in [0.05, 0.1) is 6.61 Å². The van der Waals surface area contributed by atoms with E-state index in [0.717, 1.165) is 16.2 Å². The lowest BCUT2D eigenvalue weighted by atomic mass is 10.3. The molecule has 0 atom stereocenters. The van der Waals surface area contributed by atoms with Gasteiger partial charge in [0.15, 0.2) is 3.95 Å². The molecule has 0 aliphatic rings. The van der Waals surface area contributed by atoms with Crippen LogP contribution in [0, 0.1) is 10.9 Å². The Labute approximate surface area is 104 Å². The number of carbonyl (C=O) groups excluding carboxylic acids is 1. The zero-order chi connectivity index (χ0) is 12.1. The Morgan fingerprint density at radius 1 is 1.62 bits per heavy atom. The van der Waals surface area contributed by atoms with Gasteiger partial charge in [0.25, 0.3) is 5.91 Å². The summed E-state index contributed by atoms with van der Waals surface area (Å²) in [4.78, 5) is 12.5. The normalized spacial score (nSPS) is 10.4. The maximum atomic E-state index is 11.8. The van der Waals surface area contributed by atoms with Crippen LogP contribution >= 0.6 is 23.6 Å². The highest BCUT2D eigenvalue weighted by atomic mass is 32.1. The van der Waals surface area contributed by atoms with Crippen molar-refractivity contribution in [2.45, 2.75) is 20.4 Å². The topological polar surface area (TPSA) is 43.3 Å². The van der Waals surface area contributed by atoms with Gasteiger partial charge in [-0.1, -0.05) is 11.3 Å². The Bertz CT molecular complexity index is 423. The predicted octanol–water partition coefficient (Wildman–Crippen LogP) is 1.98. The first kappa shape index (κ1) is 13.3. The SMILES string of the molecule is CCn1c(C)c(C(=O)NCCOC)sc1=S. The molecule has 90 valence electrons. The van der Waals surface area contributed by atoms with Gasteiger partial charge in [-0.25, -0.2) is 0 Å². The second-order valence-electron chi connectivity index (χ2n) is 3.28. The third kappa shape index (κ3) is 2.90. The van der Waals surface area contributed by atoms with E-state index in [9.17, 15) is 4.79 Å². The van der Waals surface area contributed by atoms with Gasteiger partial charge in [-0.2, -0.15) is 0 Å². The van der Waals surface area contributed by atoms with Crippen molar-refractivity contribution in [2.75, 3.05) is 20.3 Å². The molecule has 16 heavy (non-hydrogen) atoms. The van der Waals surface area contributed by atoms with E-state index in [1.54, 1.807) is 7.11 Å². The zero-order valence-electron chi connectivity index (χ0n) is 9.70. The van der Waals surface area contributed by atoms with Gasteiger partial charge < -0.3 is 14.6 Å². The number of rotatable bonds is 5. The van der Waals surface area contributed by atoms with E-state index in [2.05, 4.69) is 5.32 Å². The van der Waals surface area contributed by atoms with Gasteiger partial charge >= 0.3 is 0 Å². The molecule has 4 nitrogen and oxygen atoms in total. The van der Waals surface area contributed by atoms with E-state index in [-0.39, 0.29) is 5.91 Å². The molecular formula is C10H16N2O2S2. The van der Waals surface area contributed by atoms with Crippen LogP contribution in [0.3, 0.4) is 0 Å². The number of aromatic nitrogens is 1. The molecule has 0 aromatic carbocycles. The molecule has 1 rings (SSSR count). The highest BCUT2D eigenvalue weighted by Gasteiger charge is 2.14. The second-order valence-corrected chi connectivity index (χ2v) is 4.92. The number of nitrogens with zero attached hydrogens (tertiary/aromatic N) is 1. The molecule has 1 N–H and O–H groups in total. The van der Waals surface area contributed by atoms with Crippen LogP contribution in [0.2, 0.25) is 0 Å². The van der Waals surface area contributed by atoms with Crippen LogP contribution in [-0.2, 0) is 11.3 Å². The molecule has 0 fully saturated rings. The Hall–Kier alpha value is -0.720. The highest BCUT2D eigenvalue weighted by Crippen LogP contribution is 2.18. The quantitative estimate of drug-likeness (QED) is 0.650. The average molecular weight is 260 g/mol. The largest absolute Gasteiger partial charge is 0.383 e. The summed E-state index contributed by atoms with van der Waals surface area (Å²) in [7, 11) is 1.61. The van der Waals surface area contributed by atoms with E-state index in [0.29, 0.717) is 18.0 Å². The first-order chi connectivity index (χ1) is 7.61. The Morgan fingerprint density at radius 2 is 2.31 bits per heavy atom. The Kier molecular flexibility index (Phi) is 5.11. The smallest absolute Gasteiger partial charge is 0.263 e. The minimum atomic E-state index is -0.0714. The van der Waals surface area contributed by atoms with Crippen molar-refractivity contribution in [3.05, 3.63) is 14.5 Å². The number of amides is 1. The molecule has 1 aromatic heterocycles. The van der Waals surface area contributed by atoms with E-state index >= 15 is 0 Å². The van der Waals surface area contributed by atoms with Crippen LogP contribution in [-0.4, -0.2) is 30.7 Å². The first-order valence-corrected chi connectivity index (χ1v) is 6.31. The van der Waals surface area contributed by atoms with Crippen LogP contribution in [0.5, 0.6) is 0 Å². The summed E-state index contributed by atoms with van der Waals surface area (Å²) in [5, 5.41) is 2.79. The number of carbonyl (C=O) groups is 1. The predicted molar refractivity (Wildman–Crippen MR) is 67.8 cm³/mol. The summed E-state index contributed by atoms with van der Waals surface area (Å²) < 4.78 is 7.58. The average Bonchev–Trinajstić information content (AvgIpc) is 2.54. The van der Waals surface area contributed by atoms with Crippen LogP contribution in [0.25, 0.3) is 0 Å². The fraction of sp³-hybridized carbons (Fsp3) is 0.600. The van der Waals surface area contributed by atoms with E-state index in [1.165, 1.54) is 11.3 Å². The molecule has 0 saturated carbocycles. The van der Waals surface area contributed by atoms with Gasteiger partial charge in [-0.3, -0.25) is 4.79 Å². The number of ether oxygens (including phenoxy) is 1. The minimum Gasteiger partial charge on any atom is -0.383 e. The number of nitrogens with one attached hydrogen (secondary N) is 1. The van der Waals surface area contributed by atoms with Gasteiger partial charge in [-0.05, 0) is 26.1 Å². The molecule has 0 bridgehead atoms. The summed E-state index contributed by atoms with van der Waals surface area (Å²) in [6.07, 6.45) is 0. The molecule has 0 aliphatic heterocycles. The van der Waals surface area contributed by atoms with Gasteiger partial charge in [0.2, 0.25) is 0 Å². The lowest BCUT2D eigenvalue weighted by molar-refractivity contribution is 0.0940. The van der Waals surface area contributed by atoms with Crippen molar-refractivity contribution in [1.29, 1.82) is 0 Å². The van der Waals surface area contributed by atoms with Gasteiger partial charge in [0.1, 0.15) is 4.88 Å². The number of hydrogen-bond donors (Lipinski definition) is 1. The molecule has 1 heterocycles. The molecule has 0 unspecified atom stereocenters. The van der Waals surface area contributed by atoms with Gasteiger partial charge in [0, 0.05) is 25.9 Å². The maximum absolute atomic E-state index is 11.8. The maximum Gasteiger partial charge on any atom is 0.263 e. The first-order valence-electron chi connectivity index (χ1n) is 5.09. The molecule has 0 radical (unpaired) electrons. The van der Waals surface area contributed by atoms with E-state index in [4.69, 9.17) is 17.0 Å². The van der Waals surface area contributed by atoms with Crippen molar-refractivity contribution in [3.63, 3.8) is 0 Å². The van der Waals surface area contributed by atoms with Crippen LogP contribution in [0.4, 0.5) is 0 Å². The zero-order valence-corrected chi connectivity index (χ0v) is 11.3. The number of methoxy groups -OCH3 is 1. The molecule has 6 heteroatoms. The van der Waals surface area contributed by atoms with Crippen LogP contribution in [0.1, 0.15) is 22.3 Å². The fourth-order valence-corrected chi connectivity index (χ4v) is 2.89. The van der Waals surface area contributed by atoms with Crippen molar-refractivity contribution in [2.24, 2.45) is 0 Å². The van der Waals surface area contributed by atoms with E-state index < -0.39 is 0 Å². The molecule has 1 amide bonds. The van der Waals surface area contributed by atoms with Crippen molar-refractivity contribution in [3.8, 4) is 0 Å². The minimum absolute atomic E-state index is 0.0714. The lowest BCUT2D eigenvalue weighted by Gasteiger charge is -2.04. The van der Waals surface area contributed by atoms with E-state index in [1.807, 2.05) is 18.4 Å². The lowest BCUT2D eigenvalue weighted by Crippen LogP contribution is -2.26. The fourth-order valence-electron chi connectivity index (χ4n) is 1.40. The second kappa shape index (κ2) is 6.12. The Balaban J connectivity index is 2.80.